The van der Waals surface area contributed by atoms with Gasteiger partial charge in [-0.1, -0.05) is 13.8 Å². The number of hydrogen-bond acceptors (Lipinski definition) is 4. The van der Waals surface area contributed by atoms with E-state index in [0.29, 0.717) is 6.04 Å². The minimum atomic E-state index is 0.551. The lowest BCUT2D eigenvalue weighted by molar-refractivity contribution is 0.247. The van der Waals surface area contributed by atoms with Crippen molar-refractivity contribution in [2.75, 3.05) is 6.54 Å². The Balaban J connectivity index is 1.63. The summed E-state index contributed by atoms with van der Waals surface area (Å²) in [5.74, 6) is 0. The van der Waals surface area contributed by atoms with Crippen molar-refractivity contribution < 1.29 is 0 Å². The molecular formula is C17H24N2S2. The Hall–Kier alpha value is -0.680. The first-order valence-electron chi connectivity index (χ1n) is 7.71. The fourth-order valence-electron chi connectivity index (χ4n) is 2.82. The molecule has 3 rings (SSSR count). The number of thiophene rings is 2. The average molecular weight is 321 g/mol. The number of fused-ring (bicyclic) bond motifs is 1. The van der Waals surface area contributed by atoms with Crippen LogP contribution in [0.3, 0.4) is 0 Å². The zero-order valence-corrected chi connectivity index (χ0v) is 14.7. The van der Waals surface area contributed by atoms with Crippen LogP contribution < -0.4 is 5.32 Å². The lowest BCUT2D eigenvalue weighted by Crippen LogP contribution is -2.29. The van der Waals surface area contributed by atoms with Crippen LogP contribution in [0, 0.1) is 6.92 Å². The van der Waals surface area contributed by atoms with Crippen molar-refractivity contribution in [2.24, 2.45) is 0 Å². The third kappa shape index (κ3) is 3.75. The summed E-state index contributed by atoms with van der Waals surface area (Å²) in [5, 5.41) is 5.75. The minimum absolute atomic E-state index is 0.551. The van der Waals surface area contributed by atoms with E-state index >= 15 is 0 Å². The number of aryl methyl sites for hydroxylation is 1. The molecule has 3 heterocycles. The van der Waals surface area contributed by atoms with Crippen molar-refractivity contribution in [2.45, 2.75) is 52.9 Å². The van der Waals surface area contributed by atoms with E-state index in [0.717, 1.165) is 19.6 Å². The van der Waals surface area contributed by atoms with E-state index in [1.54, 1.807) is 10.4 Å². The van der Waals surface area contributed by atoms with E-state index in [2.05, 4.69) is 48.5 Å². The van der Waals surface area contributed by atoms with Gasteiger partial charge in [0.1, 0.15) is 0 Å². The Labute approximate surface area is 135 Å². The number of nitrogens with zero attached hydrogens (tertiary/aromatic N) is 1. The Morgan fingerprint density at radius 2 is 2.24 bits per heavy atom. The molecule has 1 aliphatic rings. The van der Waals surface area contributed by atoms with E-state index in [9.17, 15) is 0 Å². The first kappa shape index (κ1) is 15.2. The van der Waals surface area contributed by atoms with Gasteiger partial charge in [0.25, 0.3) is 0 Å². The molecule has 0 radical (unpaired) electrons. The Bertz CT molecular complexity index is 598. The smallest absolute Gasteiger partial charge is 0.0302 e. The molecule has 1 aliphatic heterocycles. The van der Waals surface area contributed by atoms with Crippen LogP contribution in [0.15, 0.2) is 17.5 Å². The normalized spacial score (nSPS) is 15.6. The molecule has 0 bridgehead atoms. The SMILES string of the molecule is Cc1sc(CNC(C)C)cc1CN1CCc2sccc2C1. The molecule has 114 valence electrons. The molecule has 0 spiro atoms. The van der Waals surface area contributed by atoms with Gasteiger partial charge in [0.05, 0.1) is 0 Å². The zero-order valence-electron chi connectivity index (χ0n) is 13.1. The molecule has 2 aromatic rings. The molecule has 1 N–H and O–H groups in total. The second-order valence-corrected chi connectivity index (χ2v) is 8.50. The molecule has 0 fully saturated rings. The second-order valence-electron chi connectivity index (χ2n) is 6.16. The van der Waals surface area contributed by atoms with Crippen molar-refractivity contribution in [1.82, 2.24) is 10.2 Å². The van der Waals surface area contributed by atoms with E-state index < -0.39 is 0 Å². The average Bonchev–Trinajstić information content (AvgIpc) is 3.03. The van der Waals surface area contributed by atoms with Gasteiger partial charge in [-0.05, 0) is 42.0 Å². The van der Waals surface area contributed by atoms with Gasteiger partial charge < -0.3 is 5.32 Å². The Morgan fingerprint density at radius 1 is 1.38 bits per heavy atom. The second kappa shape index (κ2) is 6.61. The summed E-state index contributed by atoms with van der Waals surface area (Å²) in [7, 11) is 0. The molecule has 0 unspecified atom stereocenters. The van der Waals surface area contributed by atoms with Gasteiger partial charge in [0, 0.05) is 46.9 Å². The maximum absolute atomic E-state index is 3.51. The fraction of sp³-hybridized carbons (Fsp3) is 0.529. The van der Waals surface area contributed by atoms with E-state index in [1.165, 1.54) is 28.3 Å². The molecule has 0 amide bonds. The van der Waals surface area contributed by atoms with Crippen LogP contribution in [0.5, 0.6) is 0 Å². The zero-order chi connectivity index (χ0) is 14.8. The van der Waals surface area contributed by atoms with Crippen molar-refractivity contribution in [3.63, 3.8) is 0 Å². The highest BCUT2D eigenvalue weighted by molar-refractivity contribution is 7.12. The highest BCUT2D eigenvalue weighted by atomic mass is 32.1. The first-order chi connectivity index (χ1) is 10.1. The summed E-state index contributed by atoms with van der Waals surface area (Å²) < 4.78 is 0. The summed E-state index contributed by atoms with van der Waals surface area (Å²) in [4.78, 5) is 7.12. The van der Waals surface area contributed by atoms with E-state index in [-0.39, 0.29) is 0 Å². The summed E-state index contributed by atoms with van der Waals surface area (Å²) in [6, 6.07) is 5.25. The molecule has 0 saturated carbocycles. The largest absolute Gasteiger partial charge is 0.310 e. The van der Waals surface area contributed by atoms with E-state index in [1.807, 2.05) is 22.7 Å². The number of nitrogens with one attached hydrogen (secondary N) is 1. The maximum Gasteiger partial charge on any atom is 0.0302 e. The topological polar surface area (TPSA) is 15.3 Å². The number of hydrogen-bond donors (Lipinski definition) is 1. The molecule has 21 heavy (non-hydrogen) atoms. The van der Waals surface area contributed by atoms with Crippen LogP contribution >= 0.6 is 22.7 Å². The van der Waals surface area contributed by atoms with Gasteiger partial charge in [-0.25, -0.2) is 0 Å². The minimum Gasteiger partial charge on any atom is -0.310 e. The van der Waals surface area contributed by atoms with Crippen LogP contribution in [-0.4, -0.2) is 17.5 Å². The quantitative estimate of drug-likeness (QED) is 0.889. The molecule has 0 aromatic carbocycles. The van der Waals surface area contributed by atoms with Gasteiger partial charge in [0.2, 0.25) is 0 Å². The molecular weight excluding hydrogens is 296 g/mol. The van der Waals surface area contributed by atoms with Crippen molar-refractivity contribution >= 4 is 22.7 Å². The van der Waals surface area contributed by atoms with Gasteiger partial charge in [-0.3, -0.25) is 4.90 Å². The molecule has 4 heteroatoms. The van der Waals surface area contributed by atoms with Crippen molar-refractivity contribution in [1.29, 1.82) is 0 Å². The lowest BCUT2D eigenvalue weighted by atomic mass is 10.1. The summed E-state index contributed by atoms with van der Waals surface area (Å²) in [6.07, 6.45) is 1.22. The first-order valence-corrected chi connectivity index (χ1v) is 9.40. The molecule has 0 aliphatic carbocycles. The van der Waals surface area contributed by atoms with Crippen LogP contribution in [0.1, 0.15) is 39.6 Å². The lowest BCUT2D eigenvalue weighted by Gasteiger charge is -2.26. The Morgan fingerprint density at radius 3 is 3.05 bits per heavy atom. The maximum atomic E-state index is 3.51. The molecule has 0 saturated heterocycles. The fourth-order valence-corrected chi connectivity index (χ4v) is 4.71. The molecule has 0 atom stereocenters. The Kier molecular flexibility index (Phi) is 4.79. The predicted octanol–water partition coefficient (Wildman–Crippen LogP) is 4.17. The van der Waals surface area contributed by atoms with Crippen molar-refractivity contribution in [3.05, 3.63) is 43.3 Å². The van der Waals surface area contributed by atoms with Gasteiger partial charge in [-0.15, -0.1) is 22.7 Å². The summed E-state index contributed by atoms with van der Waals surface area (Å²) in [6.45, 7) is 11.1. The summed E-state index contributed by atoms with van der Waals surface area (Å²) in [5.41, 5.74) is 3.06. The van der Waals surface area contributed by atoms with Crippen molar-refractivity contribution in [3.8, 4) is 0 Å². The van der Waals surface area contributed by atoms with Crippen LogP contribution in [0.2, 0.25) is 0 Å². The third-order valence-corrected chi connectivity index (χ3v) is 6.15. The molecule has 2 aromatic heterocycles. The highest BCUT2D eigenvalue weighted by Crippen LogP contribution is 2.28. The van der Waals surface area contributed by atoms with Gasteiger partial charge in [-0.2, -0.15) is 0 Å². The van der Waals surface area contributed by atoms with Crippen LogP contribution in [0.25, 0.3) is 0 Å². The number of rotatable bonds is 5. The highest BCUT2D eigenvalue weighted by Gasteiger charge is 2.18. The predicted molar refractivity (Wildman–Crippen MR) is 93.2 cm³/mol. The van der Waals surface area contributed by atoms with Crippen LogP contribution in [0.4, 0.5) is 0 Å². The van der Waals surface area contributed by atoms with E-state index in [4.69, 9.17) is 0 Å². The van der Waals surface area contributed by atoms with Crippen LogP contribution in [-0.2, 0) is 26.1 Å². The van der Waals surface area contributed by atoms with Gasteiger partial charge >= 0.3 is 0 Å². The monoisotopic (exact) mass is 320 g/mol. The third-order valence-electron chi connectivity index (χ3n) is 4.04. The summed E-state index contributed by atoms with van der Waals surface area (Å²) >= 11 is 3.86. The van der Waals surface area contributed by atoms with Gasteiger partial charge in [0.15, 0.2) is 0 Å². The standard InChI is InChI=1S/C17H24N2S2/c1-12(2)18-9-16-8-15(13(3)21-16)11-19-6-4-17-14(10-19)5-7-20-17/h5,7-8,12,18H,4,6,9-11H2,1-3H3. The molecule has 2 nitrogen and oxygen atoms in total.